The van der Waals surface area contributed by atoms with Crippen molar-refractivity contribution >= 4 is 41.3 Å². The van der Waals surface area contributed by atoms with Gasteiger partial charge in [-0.25, -0.2) is 4.98 Å². The summed E-state index contributed by atoms with van der Waals surface area (Å²) in [6, 6.07) is 8.76. The molecule has 2 aromatic rings. The van der Waals surface area contributed by atoms with Crippen molar-refractivity contribution in [1.82, 2.24) is 20.1 Å². The van der Waals surface area contributed by atoms with Gasteiger partial charge in [0.1, 0.15) is 11.1 Å². The number of benzene rings is 1. The molecule has 0 saturated heterocycles. The van der Waals surface area contributed by atoms with E-state index in [4.69, 9.17) is 4.74 Å². The van der Waals surface area contributed by atoms with E-state index in [2.05, 4.69) is 54.7 Å². The minimum absolute atomic E-state index is 0. The van der Waals surface area contributed by atoms with Crippen LogP contribution in [0.2, 0.25) is 0 Å². The number of hydrogen-bond acceptors (Lipinski definition) is 5. The van der Waals surface area contributed by atoms with Crippen LogP contribution in [0.25, 0.3) is 0 Å². The molecule has 1 N–H and O–H groups in total. The maximum atomic E-state index is 5.35. The molecule has 0 bridgehead atoms. The Bertz CT molecular complexity index is 797. The van der Waals surface area contributed by atoms with E-state index in [1.165, 1.54) is 11.1 Å². The van der Waals surface area contributed by atoms with E-state index in [0.29, 0.717) is 0 Å². The summed E-state index contributed by atoms with van der Waals surface area (Å²) >= 11 is 1.64. The van der Waals surface area contributed by atoms with E-state index in [0.717, 1.165) is 55.8 Å². The van der Waals surface area contributed by atoms with Crippen molar-refractivity contribution in [1.29, 1.82) is 0 Å². The fraction of sp³-hybridized carbons (Fsp3) is 0.524. The Morgan fingerprint density at radius 1 is 1.38 bits per heavy atom. The molecule has 1 aromatic heterocycles. The molecule has 2 heterocycles. The number of aliphatic imine (C=N–C) groups is 1. The molecule has 3 rings (SSSR count). The zero-order chi connectivity index (χ0) is 19.9. The van der Waals surface area contributed by atoms with Crippen LogP contribution in [0.3, 0.4) is 0 Å². The predicted octanol–water partition coefficient (Wildman–Crippen LogP) is 3.53. The van der Waals surface area contributed by atoms with Crippen molar-refractivity contribution in [2.45, 2.75) is 32.5 Å². The number of aromatic nitrogens is 1. The van der Waals surface area contributed by atoms with Crippen molar-refractivity contribution in [2.24, 2.45) is 4.99 Å². The lowest BCUT2D eigenvalue weighted by Crippen LogP contribution is -2.43. The van der Waals surface area contributed by atoms with Crippen LogP contribution in [0.4, 0.5) is 0 Å². The number of methoxy groups -OCH3 is 1. The van der Waals surface area contributed by atoms with Crippen molar-refractivity contribution < 1.29 is 4.74 Å². The summed E-state index contributed by atoms with van der Waals surface area (Å²) in [4.78, 5) is 13.7. The molecule has 0 spiro atoms. The van der Waals surface area contributed by atoms with Gasteiger partial charge in [-0.3, -0.25) is 9.89 Å². The highest BCUT2D eigenvalue weighted by Crippen LogP contribution is 2.21. The van der Waals surface area contributed by atoms with Crippen molar-refractivity contribution in [2.75, 3.05) is 40.8 Å². The Morgan fingerprint density at radius 3 is 2.86 bits per heavy atom. The lowest BCUT2D eigenvalue weighted by molar-refractivity contribution is 0.119. The van der Waals surface area contributed by atoms with Gasteiger partial charge >= 0.3 is 0 Å². The van der Waals surface area contributed by atoms with Crippen LogP contribution < -0.4 is 5.32 Å². The summed E-state index contributed by atoms with van der Waals surface area (Å²) in [7, 11) is 5.59. The minimum Gasteiger partial charge on any atom is -0.375 e. The molecule has 1 aromatic carbocycles. The number of thiazole rings is 1. The molecule has 0 saturated carbocycles. The van der Waals surface area contributed by atoms with Gasteiger partial charge in [0.25, 0.3) is 0 Å². The van der Waals surface area contributed by atoms with Gasteiger partial charge in [-0.05, 0) is 24.5 Å². The SMILES string of the molecule is CN=C(NCCN1CCc2ccccc2C1)N(C)Cc1csc(C(C)OC)n1.I. The second-order valence-corrected chi connectivity index (χ2v) is 8.07. The normalized spacial score (nSPS) is 15.4. The van der Waals surface area contributed by atoms with Crippen LogP contribution >= 0.6 is 35.3 Å². The molecule has 8 heteroatoms. The molecule has 0 radical (unpaired) electrons. The number of halogens is 1. The van der Waals surface area contributed by atoms with Crippen LogP contribution in [-0.2, 0) is 24.2 Å². The van der Waals surface area contributed by atoms with Crippen LogP contribution in [0.5, 0.6) is 0 Å². The summed E-state index contributed by atoms with van der Waals surface area (Å²) in [5, 5.41) is 6.60. The number of nitrogens with one attached hydrogen (secondary N) is 1. The first kappa shape index (κ1) is 24.0. The summed E-state index contributed by atoms with van der Waals surface area (Å²) in [6.45, 7) is 6.78. The molecule has 1 unspecified atom stereocenters. The van der Waals surface area contributed by atoms with Crippen molar-refractivity contribution in [3.8, 4) is 0 Å². The Balaban J connectivity index is 0.00000300. The van der Waals surface area contributed by atoms with Gasteiger partial charge in [-0.1, -0.05) is 24.3 Å². The molecule has 0 fully saturated rings. The third kappa shape index (κ3) is 6.63. The lowest BCUT2D eigenvalue weighted by atomic mass is 10.00. The molecule has 6 nitrogen and oxygen atoms in total. The Kier molecular flexibility index (Phi) is 9.81. The summed E-state index contributed by atoms with van der Waals surface area (Å²) in [5.41, 5.74) is 3.99. The van der Waals surface area contributed by atoms with Gasteiger partial charge < -0.3 is 15.0 Å². The van der Waals surface area contributed by atoms with Crippen LogP contribution in [0, 0.1) is 0 Å². The van der Waals surface area contributed by atoms with E-state index in [1.807, 2.05) is 21.0 Å². The van der Waals surface area contributed by atoms with Gasteiger partial charge in [-0.15, -0.1) is 35.3 Å². The smallest absolute Gasteiger partial charge is 0.193 e. The highest BCUT2D eigenvalue weighted by atomic mass is 127. The topological polar surface area (TPSA) is 53.0 Å². The molecule has 0 aliphatic carbocycles. The second kappa shape index (κ2) is 11.8. The summed E-state index contributed by atoms with van der Waals surface area (Å²) in [5.74, 6) is 0.895. The maximum absolute atomic E-state index is 5.35. The quantitative estimate of drug-likeness (QED) is 0.338. The number of guanidine groups is 1. The first-order chi connectivity index (χ1) is 13.6. The third-order valence-electron chi connectivity index (χ3n) is 5.16. The third-order valence-corrected chi connectivity index (χ3v) is 6.22. The predicted molar refractivity (Wildman–Crippen MR) is 131 cm³/mol. The average molecular weight is 529 g/mol. The largest absolute Gasteiger partial charge is 0.375 e. The molecule has 1 atom stereocenters. The lowest BCUT2D eigenvalue weighted by Gasteiger charge is -2.29. The maximum Gasteiger partial charge on any atom is 0.193 e. The zero-order valence-electron chi connectivity index (χ0n) is 17.7. The minimum atomic E-state index is 0. The molecule has 0 amide bonds. The highest BCUT2D eigenvalue weighted by molar-refractivity contribution is 14.0. The molecular formula is C21H32IN5OS. The first-order valence-electron chi connectivity index (χ1n) is 9.78. The van der Waals surface area contributed by atoms with Gasteiger partial charge in [-0.2, -0.15) is 0 Å². The number of hydrogen-bond donors (Lipinski definition) is 1. The van der Waals surface area contributed by atoms with E-state index >= 15 is 0 Å². The van der Waals surface area contributed by atoms with Crippen LogP contribution in [0.1, 0.15) is 34.9 Å². The van der Waals surface area contributed by atoms with Crippen molar-refractivity contribution in [3.63, 3.8) is 0 Å². The van der Waals surface area contributed by atoms with Gasteiger partial charge in [0.05, 0.1) is 12.2 Å². The van der Waals surface area contributed by atoms with E-state index in [9.17, 15) is 0 Å². The number of nitrogens with zero attached hydrogens (tertiary/aromatic N) is 4. The number of ether oxygens (including phenoxy) is 1. The highest BCUT2D eigenvalue weighted by Gasteiger charge is 2.16. The molecule has 1 aliphatic rings. The molecule has 1 aliphatic heterocycles. The van der Waals surface area contributed by atoms with E-state index in [-0.39, 0.29) is 30.1 Å². The van der Waals surface area contributed by atoms with Gasteiger partial charge in [0.2, 0.25) is 0 Å². The Labute approximate surface area is 195 Å². The molecule has 29 heavy (non-hydrogen) atoms. The fourth-order valence-corrected chi connectivity index (χ4v) is 4.30. The zero-order valence-corrected chi connectivity index (χ0v) is 20.9. The van der Waals surface area contributed by atoms with Gasteiger partial charge in [0.15, 0.2) is 5.96 Å². The standard InChI is InChI=1S/C21H31N5OS.HI/c1-16(27-4)20-24-19(15-28-20)14-25(3)21(22-2)23-10-12-26-11-9-17-7-5-6-8-18(17)13-26;/h5-8,15-16H,9-14H2,1-4H3,(H,22,23);1H. The number of fused-ring (bicyclic) bond motifs is 1. The fourth-order valence-electron chi connectivity index (χ4n) is 3.46. The van der Waals surface area contributed by atoms with E-state index in [1.54, 1.807) is 18.4 Å². The van der Waals surface area contributed by atoms with Crippen LogP contribution in [0.15, 0.2) is 34.6 Å². The van der Waals surface area contributed by atoms with E-state index < -0.39 is 0 Å². The van der Waals surface area contributed by atoms with Crippen molar-refractivity contribution in [3.05, 3.63) is 51.5 Å². The van der Waals surface area contributed by atoms with Crippen LogP contribution in [-0.4, -0.2) is 61.6 Å². The number of rotatable bonds is 7. The average Bonchev–Trinajstić information content (AvgIpc) is 3.18. The Hall–Kier alpha value is -1.23. The first-order valence-corrected chi connectivity index (χ1v) is 10.7. The molecule has 160 valence electrons. The summed E-state index contributed by atoms with van der Waals surface area (Å²) < 4.78 is 5.35. The monoisotopic (exact) mass is 529 g/mol. The summed E-state index contributed by atoms with van der Waals surface area (Å²) in [6.07, 6.45) is 1.17. The Morgan fingerprint density at radius 2 is 2.14 bits per heavy atom. The van der Waals surface area contributed by atoms with Gasteiger partial charge in [0, 0.05) is 52.8 Å². The second-order valence-electron chi connectivity index (χ2n) is 7.18. The molecular weight excluding hydrogens is 497 g/mol.